The van der Waals surface area contributed by atoms with E-state index in [-0.39, 0.29) is 18.4 Å². The van der Waals surface area contributed by atoms with Crippen molar-refractivity contribution in [1.82, 2.24) is 4.90 Å². The average molecular weight is 342 g/mol. The number of carbonyl (C=O) groups excluding carboxylic acids is 1. The minimum Gasteiger partial charge on any atom is -0.490 e. The molecule has 0 unspecified atom stereocenters. The smallest absolute Gasteiger partial charge is 0.308 e. The summed E-state index contributed by atoms with van der Waals surface area (Å²) in [6, 6.07) is 4.83. The molecule has 0 radical (unpaired) electrons. The second kappa shape index (κ2) is 7.66. The van der Waals surface area contributed by atoms with Crippen LogP contribution in [0.1, 0.15) is 17.3 Å². The van der Waals surface area contributed by atoms with E-state index in [1.165, 1.54) is 4.90 Å². The Labute approximate surface area is 139 Å². The van der Waals surface area contributed by atoms with Gasteiger partial charge in [-0.15, -0.1) is 0 Å². The molecule has 1 aromatic carbocycles. The minimum atomic E-state index is -0.879. The Hall–Kier alpha value is -1.79. The van der Waals surface area contributed by atoms with E-state index >= 15 is 0 Å². The second-order valence-electron chi connectivity index (χ2n) is 5.61. The van der Waals surface area contributed by atoms with E-state index in [1.54, 1.807) is 25.3 Å². The first-order valence-corrected chi connectivity index (χ1v) is 7.75. The number of nitrogens with zero attached hydrogens (tertiary/aromatic N) is 1. The van der Waals surface area contributed by atoms with Gasteiger partial charge in [0.1, 0.15) is 12.4 Å². The van der Waals surface area contributed by atoms with E-state index in [4.69, 9.17) is 21.1 Å². The van der Waals surface area contributed by atoms with E-state index in [1.807, 2.05) is 6.92 Å². The minimum absolute atomic E-state index is 0.0894. The van der Waals surface area contributed by atoms with Gasteiger partial charge in [-0.05, 0) is 24.1 Å². The number of aliphatic carboxylic acids is 1. The summed E-state index contributed by atoms with van der Waals surface area (Å²) in [7, 11) is 1.56. The van der Waals surface area contributed by atoms with Gasteiger partial charge in [-0.1, -0.05) is 18.5 Å². The van der Waals surface area contributed by atoms with E-state index in [2.05, 4.69) is 0 Å². The van der Waals surface area contributed by atoms with Crippen LogP contribution < -0.4 is 4.74 Å². The summed E-state index contributed by atoms with van der Waals surface area (Å²) >= 11 is 5.99. The SMILES string of the molecule is COCCOc1ccc(Cl)cc1C(=O)N1C[C@@H](C)[C@H](C(=O)O)C1. The molecule has 2 rings (SSSR count). The van der Waals surface area contributed by atoms with Gasteiger partial charge in [-0.25, -0.2) is 0 Å². The van der Waals surface area contributed by atoms with E-state index < -0.39 is 11.9 Å². The van der Waals surface area contributed by atoms with Crippen molar-refractivity contribution in [2.24, 2.45) is 11.8 Å². The van der Waals surface area contributed by atoms with Gasteiger partial charge in [0, 0.05) is 25.2 Å². The van der Waals surface area contributed by atoms with Gasteiger partial charge in [0.2, 0.25) is 0 Å². The van der Waals surface area contributed by atoms with Crippen molar-refractivity contribution < 1.29 is 24.2 Å². The van der Waals surface area contributed by atoms with Gasteiger partial charge < -0.3 is 19.5 Å². The van der Waals surface area contributed by atoms with Crippen LogP contribution in [0.25, 0.3) is 0 Å². The highest BCUT2D eigenvalue weighted by Crippen LogP contribution is 2.29. The number of methoxy groups -OCH3 is 1. The van der Waals surface area contributed by atoms with Crippen LogP contribution in [-0.2, 0) is 9.53 Å². The number of amides is 1. The summed E-state index contributed by atoms with van der Waals surface area (Å²) in [6.07, 6.45) is 0. The van der Waals surface area contributed by atoms with Gasteiger partial charge in [-0.2, -0.15) is 0 Å². The Bertz CT molecular complexity index is 592. The lowest BCUT2D eigenvalue weighted by molar-refractivity contribution is -0.142. The molecule has 1 aliphatic rings. The Morgan fingerprint density at radius 1 is 1.35 bits per heavy atom. The van der Waals surface area contributed by atoms with Crippen LogP contribution in [0.2, 0.25) is 5.02 Å². The first kappa shape index (κ1) is 17.6. The lowest BCUT2D eigenvalue weighted by atomic mass is 9.99. The molecule has 7 heteroatoms. The first-order valence-electron chi connectivity index (χ1n) is 7.37. The number of carboxylic acids is 1. The molecule has 1 N–H and O–H groups in total. The standard InChI is InChI=1S/C16H20ClNO5/c1-10-8-18(9-13(10)16(20)21)15(19)12-7-11(17)3-4-14(12)23-6-5-22-2/h3-4,7,10,13H,5-6,8-9H2,1-2H3,(H,20,21)/t10-,13-/m1/s1. The molecule has 1 fully saturated rings. The summed E-state index contributed by atoms with van der Waals surface area (Å²) < 4.78 is 10.5. The predicted molar refractivity (Wildman–Crippen MR) is 85.0 cm³/mol. The molecule has 0 aromatic heterocycles. The highest BCUT2D eigenvalue weighted by Gasteiger charge is 2.37. The molecule has 1 saturated heterocycles. The summed E-state index contributed by atoms with van der Waals surface area (Å²) in [5.74, 6) is -1.36. The molecule has 0 saturated carbocycles. The number of ether oxygens (including phenoxy) is 2. The lowest BCUT2D eigenvalue weighted by Gasteiger charge is -2.18. The van der Waals surface area contributed by atoms with Crippen molar-refractivity contribution in [2.75, 3.05) is 33.4 Å². The van der Waals surface area contributed by atoms with Crippen molar-refractivity contribution in [3.05, 3.63) is 28.8 Å². The number of likely N-dealkylation sites (tertiary alicyclic amines) is 1. The summed E-state index contributed by atoms with van der Waals surface area (Å²) in [5, 5.41) is 9.62. The molecule has 1 amide bonds. The third-order valence-electron chi connectivity index (χ3n) is 3.93. The molecule has 0 spiro atoms. The van der Waals surface area contributed by atoms with E-state index in [0.717, 1.165) is 0 Å². The third kappa shape index (κ3) is 4.14. The fourth-order valence-corrected chi connectivity index (χ4v) is 2.83. The van der Waals surface area contributed by atoms with Gasteiger partial charge in [-0.3, -0.25) is 9.59 Å². The van der Waals surface area contributed by atoms with Gasteiger partial charge in [0.15, 0.2) is 0 Å². The van der Waals surface area contributed by atoms with Gasteiger partial charge >= 0.3 is 5.97 Å². The summed E-state index contributed by atoms with van der Waals surface area (Å²) in [6.45, 7) is 3.14. The van der Waals surface area contributed by atoms with Crippen molar-refractivity contribution in [3.8, 4) is 5.75 Å². The maximum absolute atomic E-state index is 12.7. The number of hydrogen-bond donors (Lipinski definition) is 1. The summed E-state index contributed by atoms with van der Waals surface area (Å²) in [4.78, 5) is 25.5. The number of carbonyl (C=O) groups is 2. The van der Waals surface area contributed by atoms with Crippen LogP contribution in [0.5, 0.6) is 5.75 Å². The zero-order valence-corrected chi connectivity index (χ0v) is 13.9. The second-order valence-corrected chi connectivity index (χ2v) is 6.05. The Kier molecular flexibility index (Phi) is 5.85. The Morgan fingerprint density at radius 2 is 2.09 bits per heavy atom. The first-order chi connectivity index (χ1) is 10.9. The maximum Gasteiger partial charge on any atom is 0.308 e. The monoisotopic (exact) mass is 341 g/mol. The molecule has 23 heavy (non-hydrogen) atoms. The highest BCUT2D eigenvalue weighted by atomic mass is 35.5. The molecule has 1 aliphatic heterocycles. The molecule has 1 aromatic rings. The van der Waals surface area contributed by atoms with Crippen LogP contribution in [0.3, 0.4) is 0 Å². The lowest BCUT2D eigenvalue weighted by Crippen LogP contribution is -2.30. The largest absolute Gasteiger partial charge is 0.490 e. The molecule has 6 nitrogen and oxygen atoms in total. The van der Waals surface area contributed by atoms with Crippen LogP contribution in [0, 0.1) is 11.8 Å². The van der Waals surface area contributed by atoms with Crippen LogP contribution in [0.15, 0.2) is 18.2 Å². The molecule has 126 valence electrons. The van der Waals surface area contributed by atoms with Crippen LogP contribution in [-0.4, -0.2) is 55.3 Å². The number of benzene rings is 1. The molecule has 2 atom stereocenters. The van der Waals surface area contributed by atoms with E-state index in [9.17, 15) is 14.7 Å². The molecule has 1 heterocycles. The van der Waals surface area contributed by atoms with Crippen molar-refractivity contribution in [2.45, 2.75) is 6.92 Å². The van der Waals surface area contributed by atoms with Gasteiger partial charge in [0.05, 0.1) is 18.1 Å². The maximum atomic E-state index is 12.7. The Morgan fingerprint density at radius 3 is 2.70 bits per heavy atom. The zero-order chi connectivity index (χ0) is 17.0. The normalized spacial score (nSPS) is 20.6. The molecular weight excluding hydrogens is 322 g/mol. The van der Waals surface area contributed by atoms with E-state index in [0.29, 0.717) is 36.1 Å². The number of carboxylic acid groups (broad SMARTS) is 1. The van der Waals surface area contributed by atoms with Crippen LogP contribution >= 0.6 is 11.6 Å². The average Bonchev–Trinajstić information content (AvgIpc) is 2.90. The fourth-order valence-electron chi connectivity index (χ4n) is 2.65. The van der Waals surface area contributed by atoms with Crippen molar-refractivity contribution in [1.29, 1.82) is 0 Å². The summed E-state index contributed by atoms with van der Waals surface area (Å²) in [5.41, 5.74) is 0.340. The third-order valence-corrected chi connectivity index (χ3v) is 4.17. The predicted octanol–water partition coefficient (Wildman–Crippen LogP) is 2.16. The number of halogens is 1. The fraction of sp³-hybridized carbons (Fsp3) is 0.500. The topological polar surface area (TPSA) is 76.1 Å². The molecule has 0 aliphatic carbocycles. The highest BCUT2D eigenvalue weighted by molar-refractivity contribution is 6.31. The number of hydrogen-bond acceptors (Lipinski definition) is 4. The van der Waals surface area contributed by atoms with Crippen molar-refractivity contribution >= 4 is 23.5 Å². The Balaban J connectivity index is 2.18. The quantitative estimate of drug-likeness (QED) is 0.802. The molecule has 0 bridgehead atoms. The zero-order valence-electron chi connectivity index (χ0n) is 13.1. The van der Waals surface area contributed by atoms with Crippen molar-refractivity contribution in [3.63, 3.8) is 0 Å². The molecular formula is C16H20ClNO5. The number of rotatable bonds is 6. The van der Waals surface area contributed by atoms with Crippen LogP contribution in [0.4, 0.5) is 0 Å². The van der Waals surface area contributed by atoms with Gasteiger partial charge in [0.25, 0.3) is 5.91 Å².